The molecule has 34 heavy (non-hydrogen) atoms. The molecule has 10 nitrogen and oxygen atoms in total. The summed E-state index contributed by atoms with van der Waals surface area (Å²) in [6.45, 7) is 3.26. The highest BCUT2D eigenvalue weighted by molar-refractivity contribution is 7.89. The van der Waals surface area contributed by atoms with Gasteiger partial charge in [-0.1, -0.05) is 24.3 Å². The summed E-state index contributed by atoms with van der Waals surface area (Å²) in [4.78, 5) is 13.2. The highest BCUT2D eigenvalue weighted by atomic mass is 32.2. The number of ether oxygens (including phenoxy) is 3. The molecule has 0 aliphatic rings. The van der Waals surface area contributed by atoms with Crippen LogP contribution >= 0.6 is 0 Å². The summed E-state index contributed by atoms with van der Waals surface area (Å²) >= 11 is 0. The SMILES string of the molecule is COC(=O)C(C)(C)n1ncc(S(=O)(=O)N(Cc2ccc(OC)cc2)Cc2ccc(OC)cc2)n1. The monoisotopic (exact) mass is 488 g/mol. The first-order chi connectivity index (χ1) is 16.1. The molecular weight excluding hydrogens is 460 g/mol. The third kappa shape index (κ3) is 5.37. The Morgan fingerprint density at radius 2 is 1.38 bits per heavy atom. The fourth-order valence-corrected chi connectivity index (χ4v) is 4.46. The minimum atomic E-state index is -4.08. The summed E-state index contributed by atoms with van der Waals surface area (Å²) < 4.78 is 43.7. The molecule has 182 valence electrons. The molecule has 0 unspecified atom stereocenters. The average Bonchev–Trinajstić information content (AvgIpc) is 3.36. The van der Waals surface area contributed by atoms with Crippen LogP contribution in [-0.2, 0) is 38.2 Å². The van der Waals surface area contributed by atoms with E-state index in [0.29, 0.717) is 11.5 Å². The van der Waals surface area contributed by atoms with Crippen LogP contribution in [0.2, 0.25) is 0 Å². The van der Waals surface area contributed by atoms with Gasteiger partial charge in [-0.2, -0.15) is 14.2 Å². The summed E-state index contributed by atoms with van der Waals surface area (Å²) in [7, 11) is 0.298. The molecule has 0 spiro atoms. The van der Waals surface area contributed by atoms with Crippen LogP contribution in [-0.4, -0.2) is 55.0 Å². The Hall–Kier alpha value is -3.44. The van der Waals surface area contributed by atoms with Crippen molar-refractivity contribution in [1.29, 1.82) is 0 Å². The molecule has 0 aliphatic heterocycles. The lowest BCUT2D eigenvalue weighted by Crippen LogP contribution is -2.39. The van der Waals surface area contributed by atoms with E-state index in [-0.39, 0.29) is 18.1 Å². The Morgan fingerprint density at radius 3 is 1.79 bits per heavy atom. The number of esters is 1. The van der Waals surface area contributed by atoms with Gasteiger partial charge in [0.05, 0.1) is 27.5 Å². The second kappa shape index (κ2) is 10.2. The van der Waals surface area contributed by atoms with Gasteiger partial charge in [0.15, 0.2) is 5.54 Å². The molecule has 0 N–H and O–H groups in total. The average molecular weight is 489 g/mol. The lowest BCUT2D eigenvalue weighted by atomic mass is 10.1. The number of carbonyl (C=O) groups is 1. The molecule has 1 heterocycles. The molecule has 0 amide bonds. The molecule has 2 aromatic carbocycles. The Balaban J connectivity index is 1.96. The van der Waals surface area contributed by atoms with Crippen LogP contribution in [0.25, 0.3) is 0 Å². The van der Waals surface area contributed by atoms with Gasteiger partial charge in [0.1, 0.15) is 11.5 Å². The van der Waals surface area contributed by atoms with Crippen molar-refractivity contribution in [1.82, 2.24) is 19.3 Å². The summed E-state index contributed by atoms with van der Waals surface area (Å²) in [5.74, 6) is 0.739. The van der Waals surface area contributed by atoms with E-state index in [0.717, 1.165) is 22.1 Å². The number of benzene rings is 2. The molecule has 0 saturated heterocycles. The highest BCUT2D eigenvalue weighted by Gasteiger charge is 2.36. The number of hydrogen-bond donors (Lipinski definition) is 0. The van der Waals surface area contributed by atoms with E-state index in [1.54, 1.807) is 76.6 Å². The summed E-state index contributed by atoms with van der Waals surface area (Å²) in [5, 5.41) is 7.88. The maximum absolute atomic E-state index is 13.6. The van der Waals surface area contributed by atoms with E-state index in [1.165, 1.54) is 11.4 Å². The fourth-order valence-electron chi connectivity index (χ4n) is 3.20. The fraction of sp³-hybridized carbons (Fsp3) is 0.348. The van der Waals surface area contributed by atoms with Gasteiger partial charge in [0, 0.05) is 13.1 Å². The Labute approximate surface area is 199 Å². The van der Waals surface area contributed by atoms with E-state index < -0.39 is 21.5 Å². The summed E-state index contributed by atoms with van der Waals surface area (Å²) in [6, 6.07) is 14.3. The molecule has 0 atom stereocenters. The predicted octanol–water partition coefficient (Wildman–Crippen LogP) is 2.59. The van der Waals surface area contributed by atoms with Crippen molar-refractivity contribution >= 4 is 16.0 Å². The minimum absolute atomic E-state index is 0.0889. The van der Waals surface area contributed by atoms with Gasteiger partial charge >= 0.3 is 5.97 Å². The number of sulfonamides is 1. The molecule has 3 rings (SSSR count). The van der Waals surface area contributed by atoms with Gasteiger partial charge in [-0.15, -0.1) is 5.10 Å². The van der Waals surface area contributed by atoms with Gasteiger partial charge < -0.3 is 14.2 Å². The first-order valence-corrected chi connectivity index (χ1v) is 11.8. The van der Waals surface area contributed by atoms with Crippen molar-refractivity contribution in [2.45, 2.75) is 37.5 Å². The number of carbonyl (C=O) groups excluding carboxylic acids is 1. The number of hydrogen-bond acceptors (Lipinski definition) is 8. The van der Waals surface area contributed by atoms with Gasteiger partial charge in [-0.05, 0) is 49.2 Å². The second-order valence-corrected chi connectivity index (χ2v) is 9.88. The normalized spacial score (nSPS) is 11.9. The van der Waals surface area contributed by atoms with Crippen LogP contribution in [0.15, 0.2) is 59.8 Å². The quantitative estimate of drug-likeness (QED) is 0.400. The van der Waals surface area contributed by atoms with E-state index in [1.807, 2.05) is 0 Å². The topological polar surface area (TPSA) is 113 Å². The van der Waals surface area contributed by atoms with Crippen LogP contribution in [0.4, 0.5) is 0 Å². The number of nitrogens with zero attached hydrogens (tertiary/aromatic N) is 4. The number of rotatable bonds is 10. The maximum Gasteiger partial charge on any atom is 0.335 e. The standard InChI is InChI=1S/C23H28N4O6S/c1-23(2,22(28)33-5)27-24-14-21(25-27)34(29,30)26(15-17-6-10-19(31-3)11-7-17)16-18-8-12-20(32-4)13-9-18/h6-14H,15-16H2,1-5H3. The molecule has 0 radical (unpaired) electrons. The third-order valence-corrected chi connectivity index (χ3v) is 6.95. The Bertz CT molecular complexity index is 1170. The van der Waals surface area contributed by atoms with Crippen molar-refractivity contribution in [3.63, 3.8) is 0 Å². The first-order valence-electron chi connectivity index (χ1n) is 10.4. The third-order valence-electron chi connectivity index (χ3n) is 5.30. The van der Waals surface area contributed by atoms with Crippen LogP contribution in [0.1, 0.15) is 25.0 Å². The van der Waals surface area contributed by atoms with Crippen LogP contribution in [0.5, 0.6) is 11.5 Å². The molecule has 1 aromatic heterocycles. The van der Waals surface area contributed by atoms with Gasteiger partial charge in [0.2, 0.25) is 5.03 Å². The molecule has 0 fully saturated rings. The van der Waals surface area contributed by atoms with Crippen molar-refractivity contribution in [2.24, 2.45) is 0 Å². The zero-order valence-corrected chi connectivity index (χ0v) is 20.6. The molecular formula is C23H28N4O6S. The van der Waals surface area contributed by atoms with Gasteiger partial charge in [0.25, 0.3) is 10.0 Å². The molecule has 0 aliphatic carbocycles. The molecule has 0 saturated carbocycles. The molecule has 11 heteroatoms. The smallest absolute Gasteiger partial charge is 0.335 e. The van der Waals surface area contributed by atoms with E-state index >= 15 is 0 Å². The predicted molar refractivity (Wildman–Crippen MR) is 124 cm³/mol. The highest BCUT2D eigenvalue weighted by Crippen LogP contribution is 2.23. The van der Waals surface area contributed by atoms with Crippen molar-refractivity contribution in [2.75, 3.05) is 21.3 Å². The maximum atomic E-state index is 13.6. The first kappa shape index (κ1) is 25.2. The van der Waals surface area contributed by atoms with Crippen molar-refractivity contribution in [3.05, 3.63) is 65.9 Å². The lowest BCUT2D eigenvalue weighted by Gasteiger charge is -2.22. The summed E-state index contributed by atoms with van der Waals surface area (Å²) in [6.07, 6.45) is 1.13. The van der Waals surface area contributed by atoms with Crippen molar-refractivity contribution < 1.29 is 27.4 Å². The Morgan fingerprint density at radius 1 is 0.912 bits per heavy atom. The largest absolute Gasteiger partial charge is 0.497 e. The molecule has 0 bridgehead atoms. The van der Waals surface area contributed by atoms with Crippen molar-refractivity contribution in [3.8, 4) is 11.5 Å². The summed E-state index contributed by atoms with van der Waals surface area (Å²) in [5.41, 5.74) is 0.250. The zero-order valence-electron chi connectivity index (χ0n) is 19.8. The van der Waals surface area contributed by atoms with Gasteiger partial charge in [-0.25, -0.2) is 13.2 Å². The van der Waals surface area contributed by atoms with E-state index in [4.69, 9.17) is 14.2 Å². The second-order valence-electron chi connectivity index (χ2n) is 7.99. The number of methoxy groups -OCH3 is 3. The van der Waals surface area contributed by atoms with Crippen LogP contribution < -0.4 is 9.47 Å². The van der Waals surface area contributed by atoms with Gasteiger partial charge in [-0.3, -0.25) is 0 Å². The van der Waals surface area contributed by atoms with E-state index in [2.05, 4.69) is 10.2 Å². The van der Waals surface area contributed by atoms with E-state index in [9.17, 15) is 13.2 Å². The Kier molecular flexibility index (Phi) is 7.57. The number of aromatic nitrogens is 3. The molecule has 3 aromatic rings. The van der Waals surface area contributed by atoms with Crippen LogP contribution in [0.3, 0.4) is 0 Å². The van der Waals surface area contributed by atoms with Crippen LogP contribution in [0, 0.1) is 0 Å². The minimum Gasteiger partial charge on any atom is -0.497 e. The zero-order chi connectivity index (χ0) is 24.9. The lowest BCUT2D eigenvalue weighted by molar-refractivity contribution is -0.150.